The van der Waals surface area contributed by atoms with Gasteiger partial charge in [0, 0.05) is 36.8 Å². The Labute approximate surface area is 162 Å². The Kier molecular flexibility index (Phi) is 5.81. The maximum absolute atomic E-state index is 12.8. The topological polar surface area (TPSA) is 67.6 Å². The van der Waals surface area contributed by atoms with E-state index >= 15 is 0 Å². The molecule has 3 atom stereocenters. The lowest BCUT2D eigenvalue weighted by molar-refractivity contribution is -0.122. The second-order valence-corrected chi connectivity index (χ2v) is 8.63. The summed E-state index contributed by atoms with van der Waals surface area (Å²) in [4.78, 5) is 15.2. The number of amides is 1. The van der Waals surface area contributed by atoms with Gasteiger partial charge in [0.2, 0.25) is 5.91 Å². The Morgan fingerprint density at radius 1 is 1.15 bits per heavy atom. The Hall–Kier alpha value is -1.43. The predicted molar refractivity (Wildman–Crippen MR) is 107 cm³/mol. The van der Waals surface area contributed by atoms with Gasteiger partial charge < -0.3 is 15.8 Å². The minimum absolute atomic E-state index is 0.118. The van der Waals surface area contributed by atoms with Crippen molar-refractivity contribution in [3.8, 4) is 0 Å². The normalized spacial score (nSPS) is 32.7. The molecule has 5 nitrogen and oxygen atoms in total. The SMILES string of the molecule is CC(c1ccc(NC(=O)C2CC3CCCC(C2)C3N)cc1)N1CCOCC1. The van der Waals surface area contributed by atoms with Crippen molar-refractivity contribution in [2.45, 2.75) is 51.1 Å². The van der Waals surface area contributed by atoms with E-state index < -0.39 is 0 Å². The van der Waals surface area contributed by atoms with Crippen LogP contribution in [0.4, 0.5) is 5.69 Å². The molecule has 3 N–H and O–H groups in total. The summed E-state index contributed by atoms with van der Waals surface area (Å²) >= 11 is 0. The Morgan fingerprint density at radius 3 is 2.41 bits per heavy atom. The smallest absolute Gasteiger partial charge is 0.227 e. The minimum atomic E-state index is 0.118. The molecule has 2 bridgehead atoms. The number of nitrogens with one attached hydrogen (secondary N) is 1. The van der Waals surface area contributed by atoms with E-state index in [9.17, 15) is 4.79 Å². The van der Waals surface area contributed by atoms with Crippen LogP contribution in [-0.2, 0) is 9.53 Å². The van der Waals surface area contributed by atoms with Crippen molar-refractivity contribution < 1.29 is 9.53 Å². The number of anilines is 1. The zero-order valence-electron chi connectivity index (χ0n) is 16.4. The standard InChI is InChI=1S/C22H33N3O2/c1-15(25-9-11-27-12-10-25)16-5-7-20(8-6-16)24-22(26)19-13-17-3-2-4-18(14-19)21(17)23/h5-8,15,17-19,21H,2-4,9-14,23H2,1H3,(H,24,26). The number of carbonyl (C=O) groups excluding carboxylic acids is 1. The van der Waals surface area contributed by atoms with Crippen molar-refractivity contribution in [3.05, 3.63) is 29.8 Å². The van der Waals surface area contributed by atoms with Gasteiger partial charge in [-0.15, -0.1) is 0 Å². The number of carbonyl (C=O) groups is 1. The van der Waals surface area contributed by atoms with Crippen molar-refractivity contribution in [3.63, 3.8) is 0 Å². The highest BCUT2D eigenvalue weighted by Crippen LogP contribution is 2.42. The van der Waals surface area contributed by atoms with Gasteiger partial charge in [0.1, 0.15) is 0 Å². The summed E-state index contributed by atoms with van der Waals surface area (Å²) in [7, 11) is 0. The first-order valence-corrected chi connectivity index (χ1v) is 10.6. The molecule has 3 aliphatic rings. The molecule has 0 spiro atoms. The highest BCUT2D eigenvalue weighted by molar-refractivity contribution is 5.92. The van der Waals surface area contributed by atoms with E-state index in [4.69, 9.17) is 10.5 Å². The molecule has 2 saturated carbocycles. The van der Waals surface area contributed by atoms with Gasteiger partial charge >= 0.3 is 0 Å². The highest BCUT2D eigenvalue weighted by Gasteiger charge is 2.40. The van der Waals surface area contributed by atoms with E-state index in [2.05, 4.69) is 29.3 Å². The molecule has 1 aromatic rings. The Balaban J connectivity index is 1.35. The summed E-state index contributed by atoms with van der Waals surface area (Å²) in [6.45, 7) is 5.82. The average molecular weight is 372 g/mol. The fourth-order valence-electron chi connectivity index (χ4n) is 5.27. The summed E-state index contributed by atoms with van der Waals surface area (Å²) in [5.74, 6) is 1.36. The number of ether oxygens (including phenoxy) is 1. The number of hydrogen-bond acceptors (Lipinski definition) is 4. The fourth-order valence-corrected chi connectivity index (χ4v) is 5.27. The average Bonchev–Trinajstić information content (AvgIpc) is 2.68. The van der Waals surface area contributed by atoms with Gasteiger partial charge in [-0.1, -0.05) is 18.6 Å². The summed E-state index contributed by atoms with van der Waals surface area (Å²) < 4.78 is 5.44. The van der Waals surface area contributed by atoms with Crippen LogP contribution in [0.25, 0.3) is 0 Å². The van der Waals surface area contributed by atoms with Crippen molar-refractivity contribution in [1.82, 2.24) is 4.90 Å². The van der Waals surface area contributed by atoms with E-state index in [1.807, 2.05) is 12.1 Å². The summed E-state index contributed by atoms with van der Waals surface area (Å²) in [6.07, 6.45) is 5.57. The van der Waals surface area contributed by atoms with Crippen molar-refractivity contribution in [2.24, 2.45) is 23.5 Å². The van der Waals surface area contributed by atoms with Crippen molar-refractivity contribution >= 4 is 11.6 Å². The third-order valence-corrected chi connectivity index (χ3v) is 7.04. The molecule has 2 aliphatic carbocycles. The van der Waals surface area contributed by atoms with Crippen molar-refractivity contribution in [2.75, 3.05) is 31.6 Å². The number of fused-ring (bicyclic) bond motifs is 2. The molecule has 0 radical (unpaired) electrons. The molecule has 148 valence electrons. The highest BCUT2D eigenvalue weighted by atomic mass is 16.5. The van der Waals surface area contributed by atoms with E-state index in [0.29, 0.717) is 23.9 Å². The molecule has 3 unspecified atom stereocenters. The molecule has 1 aliphatic heterocycles. The minimum Gasteiger partial charge on any atom is -0.379 e. The van der Waals surface area contributed by atoms with E-state index in [1.165, 1.54) is 24.8 Å². The van der Waals surface area contributed by atoms with Crippen LogP contribution >= 0.6 is 0 Å². The van der Waals surface area contributed by atoms with Crippen LogP contribution in [0.3, 0.4) is 0 Å². The van der Waals surface area contributed by atoms with Gasteiger partial charge in [-0.2, -0.15) is 0 Å². The molecule has 4 rings (SSSR count). The van der Waals surface area contributed by atoms with Gasteiger partial charge in [0.15, 0.2) is 0 Å². The third-order valence-electron chi connectivity index (χ3n) is 7.04. The first kappa shape index (κ1) is 18.9. The first-order chi connectivity index (χ1) is 13.1. The monoisotopic (exact) mass is 371 g/mol. The van der Waals surface area contributed by atoms with Crippen LogP contribution in [-0.4, -0.2) is 43.2 Å². The van der Waals surface area contributed by atoms with Gasteiger partial charge in [0.25, 0.3) is 0 Å². The summed E-state index contributed by atoms with van der Waals surface area (Å²) in [6, 6.07) is 9.04. The molecule has 5 heteroatoms. The number of morpholine rings is 1. The molecule has 1 amide bonds. The lowest BCUT2D eigenvalue weighted by Crippen LogP contribution is -2.48. The first-order valence-electron chi connectivity index (χ1n) is 10.6. The van der Waals surface area contributed by atoms with E-state index in [0.717, 1.165) is 44.8 Å². The molecule has 1 saturated heterocycles. The Morgan fingerprint density at radius 2 is 1.78 bits per heavy atom. The number of hydrogen-bond donors (Lipinski definition) is 2. The molecule has 1 heterocycles. The maximum atomic E-state index is 12.8. The molecular formula is C22H33N3O2. The third kappa shape index (κ3) is 4.20. The quantitative estimate of drug-likeness (QED) is 0.853. The molecule has 27 heavy (non-hydrogen) atoms. The van der Waals surface area contributed by atoms with Crippen LogP contribution in [0, 0.1) is 17.8 Å². The lowest BCUT2D eigenvalue weighted by Gasteiger charge is -2.43. The molecular weight excluding hydrogens is 338 g/mol. The number of rotatable bonds is 4. The van der Waals surface area contributed by atoms with Crippen LogP contribution in [0.5, 0.6) is 0 Å². The molecule has 1 aromatic carbocycles. The number of nitrogens with two attached hydrogens (primary N) is 1. The molecule has 0 aromatic heterocycles. The summed E-state index contributed by atoms with van der Waals surface area (Å²) in [5.41, 5.74) is 8.55. The predicted octanol–water partition coefficient (Wildman–Crippen LogP) is 3.17. The van der Waals surface area contributed by atoms with Gasteiger partial charge in [0.05, 0.1) is 13.2 Å². The van der Waals surface area contributed by atoms with Gasteiger partial charge in [-0.25, -0.2) is 0 Å². The molecule has 3 fully saturated rings. The van der Waals surface area contributed by atoms with Crippen LogP contribution in [0.2, 0.25) is 0 Å². The lowest BCUT2D eigenvalue weighted by atomic mass is 9.65. The zero-order chi connectivity index (χ0) is 18.8. The zero-order valence-corrected chi connectivity index (χ0v) is 16.4. The maximum Gasteiger partial charge on any atom is 0.227 e. The van der Waals surface area contributed by atoms with E-state index in [-0.39, 0.29) is 11.8 Å². The largest absolute Gasteiger partial charge is 0.379 e. The second-order valence-electron chi connectivity index (χ2n) is 8.63. The van der Waals surface area contributed by atoms with Crippen LogP contribution < -0.4 is 11.1 Å². The number of benzene rings is 1. The van der Waals surface area contributed by atoms with Gasteiger partial charge in [-0.3, -0.25) is 9.69 Å². The summed E-state index contributed by atoms with van der Waals surface area (Å²) in [5, 5.41) is 3.15. The van der Waals surface area contributed by atoms with Gasteiger partial charge in [-0.05, 0) is 62.1 Å². The van der Waals surface area contributed by atoms with Crippen molar-refractivity contribution in [1.29, 1.82) is 0 Å². The van der Waals surface area contributed by atoms with Crippen LogP contribution in [0.1, 0.15) is 50.6 Å². The van der Waals surface area contributed by atoms with E-state index in [1.54, 1.807) is 0 Å². The Bertz CT molecular complexity index is 627. The fraction of sp³-hybridized carbons (Fsp3) is 0.682. The second kappa shape index (κ2) is 8.29. The number of nitrogens with zero attached hydrogens (tertiary/aromatic N) is 1. The van der Waals surface area contributed by atoms with Crippen LogP contribution in [0.15, 0.2) is 24.3 Å².